The van der Waals surface area contributed by atoms with Crippen molar-refractivity contribution in [2.45, 2.75) is 31.8 Å². The average molecular weight is 434 g/mol. The number of rotatable bonds is 5. The summed E-state index contributed by atoms with van der Waals surface area (Å²) in [5.74, 6) is 0.634. The predicted octanol–water partition coefficient (Wildman–Crippen LogP) is 4.03. The van der Waals surface area contributed by atoms with Crippen LogP contribution in [0.3, 0.4) is 0 Å². The van der Waals surface area contributed by atoms with E-state index in [1.54, 1.807) is 17.4 Å². The molecule has 1 atom stereocenters. The second kappa shape index (κ2) is 7.41. The van der Waals surface area contributed by atoms with Crippen LogP contribution in [0.5, 0.6) is 5.75 Å². The first-order chi connectivity index (χ1) is 14.9. The van der Waals surface area contributed by atoms with Gasteiger partial charge in [-0.15, -0.1) is 11.3 Å². The fourth-order valence-corrected chi connectivity index (χ4v) is 5.22. The van der Waals surface area contributed by atoms with E-state index in [0.717, 1.165) is 39.1 Å². The molecule has 0 radical (unpaired) electrons. The van der Waals surface area contributed by atoms with E-state index < -0.39 is 6.10 Å². The maximum Gasteiger partial charge on any atom is 0.193 e. The monoisotopic (exact) mass is 433 g/mol. The first kappa shape index (κ1) is 20.1. The van der Waals surface area contributed by atoms with Gasteiger partial charge in [-0.25, -0.2) is 0 Å². The number of carbonyl (C=O) groups is 1. The highest BCUT2D eigenvalue weighted by molar-refractivity contribution is 7.13. The largest absolute Gasteiger partial charge is 0.491 e. The molecular formula is C25H23NO4S. The Morgan fingerprint density at radius 2 is 2.00 bits per heavy atom. The van der Waals surface area contributed by atoms with Crippen LogP contribution in [0.25, 0.3) is 16.0 Å². The zero-order valence-electron chi connectivity index (χ0n) is 17.4. The first-order valence-corrected chi connectivity index (χ1v) is 11.1. The lowest BCUT2D eigenvalue weighted by Gasteiger charge is -2.34. The number of carbonyl (C=O) groups excluding carboxylic acids is 1. The van der Waals surface area contributed by atoms with Gasteiger partial charge in [0.15, 0.2) is 5.78 Å². The van der Waals surface area contributed by atoms with E-state index in [0.29, 0.717) is 11.3 Å². The van der Waals surface area contributed by atoms with Crippen molar-refractivity contribution in [2.24, 2.45) is 0 Å². The average Bonchev–Trinajstić information content (AvgIpc) is 3.44. The zero-order chi connectivity index (χ0) is 21.8. The Morgan fingerprint density at radius 1 is 1.19 bits per heavy atom. The maximum absolute atomic E-state index is 13.5. The normalized spacial score (nSPS) is 17.2. The van der Waals surface area contributed by atoms with Crippen molar-refractivity contribution in [2.75, 3.05) is 13.2 Å². The van der Waals surface area contributed by atoms with Gasteiger partial charge in [-0.2, -0.15) is 0 Å². The van der Waals surface area contributed by atoms with E-state index >= 15 is 0 Å². The summed E-state index contributed by atoms with van der Waals surface area (Å²) in [7, 11) is 0. The van der Waals surface area contributed by atoms with Crippen LogP contribution in [0.4, 0.5) is 0 Å². The lowest BCUT2D eigenvalue weighted by Crippen LogP contribution is -2.30. The molecule has 0 spiro atoms. The van der Waals surface area contributed by atoms with Crippen molar-refractivity contribution in [3.63, 3.8) is 0 Å². The molecule has 6 heteroatoms. The van der Waals surface area contributed by atoms with Crippen LogP contribution in [-0.2, 0) is 11.8 Å². The number of thiazole rings is 1. The summed E-state index contributed by atoms with van der Waals surface area (Å²) < 4.78 is 5.64. The van der Waals surface area contributed by atoms with E-state index in [1.807, 2.05) is 23.8 Å². The fourth-order valence-electron chi connectivity index (χ4n) is 4.60. The Balaban J connectivity index is 1.52. The van der Waals surface area contributed by atoms with Crippen molar-refractivity contribution < 1.29 is 19.7 Å². The van der Waals surface area contributed by atoms with Crippen molar-refractivity contribution in [3.8, 4) is 16.2 Å². The number of benzene rings is 2. The molecule has 2 aliphatic carbocycles. The minimum Gasteiger partial charge on any atom is -0.491 e. The second-order valence-corrected chi connectivity index (χ2v) is 9.46. The Kier molecular flexibility index (Phi) is 4.81. The molecule has 0 saturated heterocycles. The van der Waals surface area contributed by atoms with Gasteiger partial charge in [0.1, 0.15) is 18.5 Å². The zero-order valence-corrected chi connectivity index (χ0v) is 18.2. The number of Topliss-reactive ketones (excluding diaryl/α,β-unsaturated/α-hetero) is 1. The molecule has 2 aliphatic rings. The third-order valence-electron chi connectivity index (χ3n) is 6.30. The maximum atomic E-state index is 13.5. The van der Waals surface area contributed by atoms with Crippen LogP contribution < -0.4 is 4.74 Å². The van der Waals surface area contributed by atoms with Gasteiger partial charge in [0.2, 0.25) is 0 Å². The van der Waals surface area contributed by atoms with Crippen LogP contribution in [-0.4, -0.2) is 40.3 Å². The van der Waals surface area contributed by atoms with Crippen molar-refractivity contribution in [1.82, 2.24) is 4.98 Å². The lowest BCUT2D eigenvalue weighted by atomic mass is 9.68. The third kappa shape index (κ3) is 3.22. The van der Waals surface area contributed by atoms with Crippen molar-refractivity contribution >= 4 is 22.7 Å². The molecule has 0 fully saturated rings. The van der Waals surface area contributed by atoms with Gasteiger partial charge in [-0.05, 0) is 58.5 Å². The number of ether oxygens (including phenoxy) is 1. The molecule has 0 saturated carbocycles. The number of ketones is 1. The van der Waals surface area contributed by atoms with Gasteiger partial charge < -0.3 is 14.9 Å². The molecule has 158 valence electrons. The summed E-state index contributed by atoms with van der Waals surface area (Å²) >= 11 is 1.61. The number of nitrogens with zero attached hydrogens (tertiary/aromatic N) is 1. The Morgan fingerprint density at radius 3 is 2.74 bits per heavy atom. The highest BCUT2D eigenvalue weighted by atomic mass is 32.1. The minimum atomic E-state index is -0.933. The number of hydrogen-bond acceptors (Lipinski definition) is 6. The highest BCUT2D eigenvalue weighted by Gasteiger charge is 2.43. The predicted molar refractivity (Wildman–Crippen MR) is 121 cm³/mol. The molecule has 2 N–H and O–H groups in total. The fraction of sp³-hybridized carbons (Fsp3) is 0.280. The van der Waals surface area contributed by atoms with Crippen LogP contribution in [0, 0.1) is 0 Å². The topological polar surface area (TPSA) is 79.7 Å². The Hall–Kier alpha value is -2.80. The van der Waals surface area contributed by atoms with E-state index in [1.165, 1.54) is 5.56 Å². The summed E-state index contributed by atoms with van der Waals surface area (Å²) in [6.07, 6.45) is 1.68. The molecule has 1 heterocycles. The highest BCUT2D eigenvalue weighted by Crippen LogP contribution is 2.50. The van der Waals surface area contributed by atoms with Gasteiger partial charge in [-0.3, -0.25) is 9.78 Å². The van der Waals surface area contributed by atoms with Gasteiger partial charge in [0.25, 0.3) is 0 Å². The molecule has 5 nitrogen and oxygen atoms in total. The number of aromatic nitrogens is 1. The van der Waals surface area contributed by atoms with Crippen molar-refractivity contribution in [3.05, 3.63) is 75.9 Å². The van der Waals surface area contributed by atoms with Crippen LogP contribution in [0.15, 0.2) is 53.7 Å². The van der Waals surface area contributed by atoms with E-state index in [4.69, 9.17) is 9.84 Å². The van der Waals surface area contributed by atoms with Crippen LogP contribution >= 0.6 is 11.3 Å². The van der Waals surface area contributed by atoms with Gasteiger partial charge in [-0.1, -0.05) is 26.0 Å². The number of fused-ring (bicyclic) bond motifs is 3. The van der Waals surface area contributed by atoms with Gasteiger partial charge >= 0.3 is 0 Å². The van der Waals surface area contributed by atoms with Gasteiger partial charge in [0, 0.05) is 22.7 Å². The quantitative estimate of drug-likeness (QED) is 0.635. The number of allylic oxidation sites excluding steroid dienone is 2. The molecule has 0 aliphatic heterocycles. The minimum absolute atomic E-state index is 0.00338. The molecule has 0 amide bonds. The van der Waals surface area contributed by atoms with Crippen LogP contribution in [0.2, 0.25) is 0 Å². The molecule has 5 rings (SSSR count). The number of aliphatic hydroxyl groups is 2. The summed E-state index contributed by atoms with van der Waals surface area (Å²) in [6.45, 7) is 3.95. The van der Waals surface area contributed by atoms with Crippen LogP contribution in [0.1, 0.15) is 40.9 Å². The second-order valence-electron chi connectivity index (χ2n) is 8.58. The van der Waals surface area contributed by atoms with Gasteiger partial charge in [0.05, 0.1) is 17.0 Å². The van der Waals surface area contributed by atoms with E-state index in [2.05, 4.69) is 37.0 Å². The standard InChI is InChI=1S/C25H23NO4S/c1-25(2)20-9-17(30-12-16(28)11-27)4-6-19(20)24(29)23-18-5-3-14(22-10-26-13-31-22)7-15(18)8-21(23)25/h3-7,9-10,13,16,27-28H,8,11-12H2,1-2H3/t16-/m1/s1. The van der Waals surface area contributed by atoms with Crippen molar-refractivity contribution in [1.29, 1.82) is 0 Å². The molecular weight excluding hydrogens is 410 g/mol. The first-order valence-electron chi connectivity index (χ1n) is 10.3. The molecule has 31 heavy (non-hydrogen) atoms. The molecule has 2 aromatic carbocycles. The molecule has 0 unspecified atom stereocenters. The summed E-state index contributed by atoms with van der Waals surface area (Å²) in [5, 5.41) is 18.6. The SMILES string of the molecule is CC1(C)C2=C(C(=O)c3ccc(OC[C@H](O)CO)cc31)c1ccc(-c3cncs3)cc1C2. The number of aliphatic hydroxyl groups excluding tert-OH is 2. The summed E-state index contributed by atoms with van der Waals surface area (Å²) in [5.41, 5.74) is 8.40. The smallest absolute Gasteiger partial charge is 0.193 e. The Bertz CT molecular complexity index is 1210. The Labute approximate surface area is 184 Å². The molecule has 0 bridgehead atoms. The summed E-state index contributed by atoms with van der Waals surface area (Å²) in [6, 6.07) is 11.8. The lowest BCUT2D eigenvalue weighted by molar-refractivity contribution is 0.0535. The van der Waals surface area contributed by atoms with E-state index in [-0.39, 0.29) is 24.4 Å². The molecule has 3 aromatic rings. The molecule has 1 aromatic heterocycles. The summed E-state index contributed by atoms with van der Waals surface area (Å²) in [4.78, 5) is 18.8. The van der Waals surface area contributed by atoms with E-state index in [9.17, 15) is 9.90 Å². The third-order valence-corrected chi connectivity index (χ3v) is 7.13. The number of hydrogen-bond donors (Lipinski definition) is 2.